The van der Waals surface area contributed by atoms with E-state index in [2.05, 4.69) is 4.98 Å². The van der Waals surface area contributed by atoms with E-state index in [1.54, 1.807) is 12.9 Å². The predicted octanol–water partition coefficient (Wildman–Crippen LogP) is 0.559. The van der Waals surface area contributed by atoms with Crippen LogP contribution in [0.15, 0.2) is 18.1 Å². The van der Waals surface area contributed by atoms with Crippen LogP contribution >= 0.6 is 0 Å². The van der Waals surface area contributed by atoms with Crippen LogP contribution in [0.25, 0.3) is 0 Å². The molecule has 1 aromatic rings. The molecule has 0 amide bonds. The average molecular weight is 94.9 g/mol. The van der Waals surface area contributed by atoms with E-state index in [1.165, 1.54) is 12.2 Å². The van der Waals surface area contributed by atoms with Gasteiger partial charge in [-0.05, 0) is 0 Å². The molecule has 0 saturated carbocycles. The molecule has 0 aliphatic carbocycles. The van der Waals surface area contributed by atoms with Gasteiger partial charge < -0.3 is 0 Å². The molecular formula is C4H3BFN. The Kier molecular flexibility index (Phi) is 1.15. The van der Waals surface area contributed by atoms with Gasteiger partial charge in [-0.2, -0.15) is 0 Å². The van der Waals surface area contributed by atoms with Crippen LogP contribution in [-0.4, -0.2) is 11.9 Å². The van der Waals surface area contributed by atoms with E-state index < -0.39 is 5.95 Å². The van der Waals surface area contributed by atoms with Gasteiger partial charge in [-0.1, -0.05) is 0 Å². The average Bonchev–Trinajstić information content (AvgIpc) is 1.69. The monoisotopic (exact) mass is 95.0 g/mol. The molecule has 0 N–H and O–H groups in total. The predicted molar refractivity (Wildman–Crippen MR) is 25.5 cm³/mol. The van der Waals surface area contributed by atoms with Crippen LogP contribution in [0.1, 0.15) is 0 Å². The Morgan fingerprint density at radius 3 is 2.86 bits per heavy atom. The van der Waals surface area contributed by atoms with E-state index in [0.717, 1.165) is 0 Å². The molecule has 1 nitrogen and oxygen atoms in total. The Hall–Kier alpha value is -0.725. The van der Waals surface area contributed by atoms with Crippen molar-refractivity contribution in [2.45, 2.75) is 0 Å². The van der Waals surface area contributed by atoms with Gasteiger partial charge in [0.1, 0.15) is 0 Å². The molecule has 0 aliphatic rings. The Morgan fingerprint density at radius 1 is 1.71 bits per heavy atom. The summed E-state index contributed by atoms with van der Waals surface area (Å²) >= 11 is 0. The van der Waals surface area contributed by atoms with Crippen molar-refractivity contribution in [2.24, 2.45) is 0 Å². The Labute approximate surface area is 41.4 Å². The van der Waals surface area contributed by atoms with Gasteiger partial charge >= 0.3 is 40.4 Å². The molecule has 1 heterocycles. The molecule has 1 rings (SSSR count). The summed E-state index contributed by atoms with van der Waals surface area (Å²) in [4.78, 5) is 3.31. The zero-order chi connectivity index (χ0) is 5.11. The van der Waals surface area contributed by atoms with Crippen molar-refractivity contribution in [1.82, 2.24) is 4.98 Å². The molecule has 0 aliphatic heterocycles. The number of nitrogens with zero attached hydrogens (tertiary/aromatic N) is 1. The summed E-state index contributed by atoms with van der Waals surface area (Å²) in [6, 6.07) is 0. The summed E-state index contributed by atoms with van der Waals surface area (Å²) in [7, 11) is 0. The van der Waals surface area contributed by atoms with Gasteiger partial charge in [-0.15, -0.1) is 0 Å². The van der Waals surface area contributed by atoms with Crippen molar-refractivity contribution in [1.29, 1.82) is 0 Å². The second kappa shape index (κ2) is 1.82. The summed E-state index contributed by atoms with van der Waals surface area (Å²) in [6.07, 6.45) is 1.41. The van der Waals surface area contributed by atoms with Gasteiger partial charge in [0, 0.05) is 0 Å². The van der Waals surface area contributed by atoms with E-state index in [1.807, 2.05) is 0 Å². The summed E-state index contributed by atoms with van der Waals surface area (Å²) in [5, 5.41) is 0. The van der Waals surface area contributed by atoms with Crippen molar-refractivity contribution in [2.75, 3.05) is 0 Å². The minimum absolute atomic E-state index is 0.428. The number of aromatic nitrogens is 1. The number of hydrogen-bond acceptors (Lipinski definition) is 1. The molecule has 34 valence electrons. The Morgan fingerprint density at radius 2 is 2.57 bits per heavy atom. The molecule has 0 bridgehead atoms. The van der Waals surface area contributed by atoms with Crippen LogP contribution in [0.3, 0.4) is 0 Å². The van der Waals surface area contributed by atoms with Crippen LogP contribution < -0.4 is 0 Å². The summed E-state index contributed by atoms with van der Waals surface area (Å²) in [6.45, 7) is 1.60. The fraction of sp³-hybridized carbons (Fsp3) is 0. The summed E-state index contributed by atoms with van der Waals surface area (Å²) in [5.41, 5.74) is 0. The molecule has 0 radical (unpaired) electrons. The normalized spacial score (nSPS) is 8.14. The minimum atomic E-state index is -0.428. The SMILES string of the molecule is Fc1cbccn1. The second-order valence-corrected chi connectivity index (χ2v) is 1.15. The number of rotatable bonds is 0. The van der Waals surface area contributed by atoms with Crippen LogP contribution in [0.5, 0.6) is 0 Å². The van der Waals surface area contributed by atoms with E-state index >= 15 is 0 Å². The molecule has 0 unspecified atom stereocenters. The molecule has 0 aromatic carbocycles. The first kappa shape index (κ1) is 4.43. The van der Waals surface area contributed by atoms with E-state index in [9.17, 15) is 4.39 Å². The third-order valence-corrected chi connectivity index (χ3v) is 0.629. The number of hydrogen-bond donors (Lipinski definition) is 0. The molecule has 1 aromatic heterocycles. The molecular weight excluding hydrogens is 91.9 g/mol. The molecule has 0 spiro atoms. The topological polar surface area (TPSA) is 12.9 Å². The first-order valence-electron chi connectivity index (χ1n) is 1.96. The fourth-order valence-electron chi connectivity index (χ4n) is 0.342. The quantitative estimate of drug-likeness (QED) is 0.458. The third-order valence-electron chi connectivity index (χ3n) is 0.629. The van der Waals surface area contributed by atoms with Gasteiger partial charge in [0.05, 0.1) is 0 Å². The summed E-state index contributed by atoms with van der Waals surface area (Å²) < 4.78 is 11.8. The van der Waals surface area contributed by atoms with E-state index in [4.69, 9.17) is 0 Å². The molecule has 7 heavy (non-hydrogen) atoms. The standard InChI is InChI=1S/C4H3BFN/c6-4-3-5-1-2-7-4/h1-3H. The van der Waals surface area contributed by atoms with Crippen molar-refractivity contribution in [3.05, 3.63) is 24.1 Å². The second-order valence-electron chi connectivity index (χ2n) is 1.15. The van der Waals surface area contributed by atoms with Crippen molar-refractivity contribution in [3.63, 3.8) is 0 Å². The first-order chi connectivity index (χ1) is 3.39. The van der Waals surface area contributed by atoms with Crippen LogP contribution in [0.4, 0.5) is 4.39 Å². The Balaban J connectivity index is 3.02. The van der Waals surface area contributed by atoms with E-state index in [-0.39, 0.29) is 0 Å². The molecule has 0 atom stereocenters. The van der Waals surface area contributed by atoms with E-state index in [0.29, 0.717) is 0 Å². The van der Waals surface area contributed by atoms with Crippen LogP contribution in [-0.2, 0) is 0 Å². The molecule has 3 heteroatoms. The Bertz CT molecular complexity index is 142. The first-order valence-corrected chi connectivity index (χ1v) is 1.96. The molecule has 0 fully saturated rings. The van der Waals surface area contributed by atoms with Crippen molar-refractivity contribution >= 4 is 6.91 Å². The molecule has 0 saturated heterocycles. The van der Waals surface area contributed by atoms with Crippen LogP contribution in [0, 0.1) is 5.95 Å². The summed E-state index contributed by atoms with van der Waals surface area (Å²) in [5.74, 6) is 2.55. The van der Waals surface area contributed by atoms with Gasteiger partial charge in [0.2, 0.25) is 0 Å². The van der Waals surface area contributed by atoms with Crippen molar-refractivity contribution in [3.8, 4) is 0 Å². The number of halogens is 1. The zero-order valence-corrected chi connectivity index (χ0v) is 3.63. The zero-order valence-electron chi connectivity index (χ0n) is 3.63. The van der Waals surface area contributed by atoms with Gasteiger partial charge in [0.15, 0.2) is 0 Å². The third kappa shape index (κ3) is 1.07. The van der Waals surface area contributed by atoms with Gasteiger partial charge in [-0.25, -0.2) is 0 Å². The van der Waals surface area contributed by atoms with Gasteiger partial charge in [-0.3, -0.25) is 0 Å². The maximum atomic E-state index is 11.8. The van der Waals surface area contributed by atoms with Crippen molar-refractivity contribution < 1.29 is 4.39 Å². The maximum absolute atomic E-state index is 11.8. The van der Waals surface area contributed by atoms with Gasteiger partial charge in [0.25, 0.3) is 0 Å². The van der Waals surface area contributed by atoms with Crippen LogP contribution in [0.2, 0.25) is 0 Å². The fourth-order valence-corrected chi connectivity index (χ4v) is 0.342.